The summed E-state index contributed by atoms with van der Waals surface area (Å²) in [6.45, 7) is 0. The molecule has 7 aromatic carbocycles. The first kappa shape index (κ1) is 35.1. The van der Waals surface area contributed by atoms with Crippen LogP contribution in [0.25, 0.3) is 90.0 Å². The first-order valence-corrected chi connectivity index (χ1v) is 20.7. The van der Waals surface area contributed by atoms with Gasteiger partial charge in [0.05, 0.1) is 11.4 Å². The molecule has 5 heteroatoms. The van der Waals surface area contributed by atoms with Gasteiger partial charge in [0.25, 0.3) is 0 Å². The molecule has 0 unspecified atom stereocenters. The number of benzene rings is 7. The third-order valence-corrected chi connectivity index (χ3v) is 12.6. The van der Waals surface area contributed by atoms with Crippen LogP contribution in [0.2, 0.25) is 0 Å². The molecule has 59 heavy (non-hydrogen) atoms. The van der Waals surface area contributed by atoms with E-state index in [1.807, 2.05) is 48.5 Å². The average molecular weight is 760 g/mol. The van der Waals surface area contributed by atoms with Crippen molar-refractivity contribution in [2.75, 3.05) is 0 Å². The Morgan fingerprint density at radius 3 is 1.58 bits per heavy atom. The Labute approximate surface area is 344 Å². The number of hydrogen-bond acceptors (Lipinski definition) is 5. The molecule has 282 valence electrons. The van der Waals surface area contributed by atoms with Gasteiger partial charge in [0, 0.05) is 33.4 Å². The van der Waals surface area contributed by atoms with Crippen molar-refractivity contribution in [1.82, 2.24) is 24.9 Å². The summed E-state index contributed by atoms with van der Waals surface area (Å²) in [7, 11) is 0. The number of fused-ring (bicyclic) bond motifs is 3. The zero-order valence-corrected chi connectivity index (χ0v) is 32.7. The molecule has 2 bridgehead atoms. The van der Waals surface area contributed by atoms with E-state index in [0.29, 0.717) is 28.7 Å². The predicted octanol–water partition coefficient (Wildman–Crippen LogP) is 13.3. The molecular formula is C54H41N5. The lowest BCUT2D eigenvalue weighted by atomic mass is 9.77. The second-order valence-electron chi connectivity index (χ2n) is 16.2. The van der Waals surface area contributed by atoms with Gasteiger partial charge in [-0.25, -0.2) is 24.9 Å². The summed E-state index contributed by atoms with van der Waals surface area (Å²) in [5, 5.41) is 2.17. The monoisotopic (exact) mass is 759 g/mol. The Morgan fingerprint density at radius 1 is 0.373 bits per heavy atom. The summed E-state index contributed by atoms with van der Waals surface area (Å²) in [6, 6.07) is 63.5. The molecule has 0 spiro atoms. The first-order chi connectivity index (χ1) is 29.2. The van der Waals surface area contributed by atoms with E-state index in [1.165, 1.54) is 37.7 Å². The van der Waals surface area contributed by atoms with Crippen LogP contribution in [0.1, 0.15) is 37.7 Å². The van der Waals surface area contributed by atoms with E-state index >= 15 is 0 Å². The van der Waals surface area contributed by atoms with Crippen molar-refractivity contribution in [1.29, 1.82) is 0 Å². The van der Waals surface area contributed by atoms with Gasteiger partial charge < -0.3 is 0 Å². The fraction of sp³-hybridized carbons (Fsp3) is 0.130. The normalized spacial score (nSPS) is 17.1. The Bertz CT molecular complexity index is 2960. The maximum atomic E-state index is 5.31. The molecule has 0 N–H and O–H groups in total. The molecule has 2 saturated carbocycles. The highest BCUT2D eigenvalue weighted by Gasteiger charge is 2.45. The van der Waals surface area contributed by atoms with Gasteiger partial charge in [-0.05, 0) is 89.1 Å². The summed E-state index contributed by atoms with van der Waals surface area (Å²) < 4.78 is 0. The van der Waals surface area contributed by atoms with Crippen LogP contribution in [-0.4, -0.2) is 24.9 Å². The van der Waals surface area contributed by atoms with E-state index in [2.05, 4.69) is 133 Å². The minimum absolute atomic E-state index is 0.355. The van der Waals surface area contributed by atoms with Crippen LogP contribution in [0.3, 0.4) is 0 Å². The molecule has 2 heterocycles. The molecule has 9 aromatic rings. The lowest BCUT2D eigenvalue weighted by Crippen LogP contribution is -2.19. The van der Waals surface area contributed by atoms with Crippen molar-refractivity contribution >= 4 is 10.8 Å². The Balaban J connectivity index is 1.09. The summed E-state index contributed by atoms with van der Waals surface area (Å²) in [5.74, 6) is 3.42. The topological polar surface area (TPSA) is 64.5 Å². The second kappa shape index (κ2) is 14.7. The predicted molar refractivity (Wildman–Crippen MR) is 239 cm³/mol. The van der Waals surface area contributed by atoms with Gasteiger partial charge in [-0.15, -0.1) is 0 Å². The number of aromatic nitrogens is 5. The van der Waals surface area contributed by atoms with Crippen molar-refractivity contribution in [3.05, 3.63) is 188 Å². The van der Waals surface area contributed by atoms with E-state index in [4.69, 9.17) is 24.9 Å². The zero-order valence-electron chi connectivity index (χ0n) is 32.7. The molecule has 0 amide bonds. The van der Waals surface area contributed by atoms with Crippen molar-refractivity contribution < 1.29 is 0 Å². The minimum atomic E-state index is 0.355. The smallest absolute Gasteiger partial charge is 0.164 e. The minimum Gasteiger partial charge on any atom is -0.228 e. The Hall–Kier alpha value is -7.11. The molecule has 2 aliphatic rings. The second-order valence-corrected chi connectivity index (χ2v) is 16.2. The quantitative estimate of drug-likeness (QED) is 0.154. The van der Waals surface area contributed by atoms with Crippen molar-refractivity contribution in [3.8, 4) is 79.2 Å². The molecule has 2 aliphatic carbocycles. The molecule has 2 fully saturated rings. The summed E-state index contributed by atoms with van der Waals surface area (Å²) in [5.41, 5.74) is 11.6. The van der Waals surface area contributed by atoms with Crippen LogP contribution in [0.4, 0.5) is 0 Å². The Morgan fingerprint density at radius 2 is 0.915 bits per heavy atom. The van der Waals surface area contributed by atoms with Crippen LogP contribution in [0.5, 0.6) is 0 Å². The van der Waals surface area contributed by atoms with E-state index in [0.717, 1.165) is 72.6 Å². The van der Waals surface area contributed by atoms with Crippen LogP contribution < -0.4 is 0 Å². The Kier molecular flexibility index (Phi) is 8.73. The molecule has 2 aromatic heterocycles. The van der Waals surface area contributed by atoms with Gasteiger partial charge in [-0.1, -0.05) is 164 Å². The fourth-order valence-corrected chi connectivity index (χ4v) is 9.58. The highest BCUT2D eigenvalue weighted by Crippen LogP contribution is 2.55. The van der Waals surface area contributed by atoms with Crippen LogP contribution >= 0.6 is 0 Å². The molecular weight excluding hydrogens is 719 g/mol. The van der Waals surface area contributed by atoms with Crippen molar-refractivity contribution in [3.63, 3.8) is 0 Å². The molecule has 0 atom stereocenters. The third-order valence-electron chi connectivity index (χ3n) is 12.6. The van der Waals surface area contributed by atoms with Gasteiger partial charge in [0.1, 0.15) is 0 Å². The number of rotatable bonds is 8. The van der Waals surface area contributed by atoms with E-state index in [1.54, 1.807) is 0 Å². The summed E-state index contributed by atoms with van der Waals surface area (Å²) >= 11 is 0. The first-order valence-electron chi connectivity index (χ1n) is 20.7. The van der Waals surface area contributed by atoms with Crippen LogP contribution in [0, 0.1) is 5.92 Å². The maximum absolute atomic E-state index is 5.31. The van der Waals surface area contributed by atoms with Gasteiger partial charge in [-0.2, -0.15) is 0 Å². The molecule has 0 saturated heterocycles. The van der Waals surface area contributed by atoms with E-state index in [-0.39, 0.29) is 0 Å². The van der Waals surface area contributed by atoms with Gasteiger partial charge in [0.15, 0.2) is 23.3 Å². The van der Waals surface area contributed by atoms with Gasteiger partial charge in [-0.3, -0.25) is 0 Å². The summed E-state index contributed by atoms with van der Waals surface area (Å²) in [6.07, 6.45) is 6.69. The van der Waals surface area contributed by atoms with Crippen LogP contribution in [-0.2, 0) is 5.41 Å². The van der Waals surface area contributed by atoms with E-state index in [9.17, 15) is 0 Å². The standard InChI is InChI=1S/C54H41N5/c1-4-14-37(15-5-1)44-21-12-13-23-46(44)53-58-51(40-18-8-3-9-19-40)57-52(59-53)42-32-41-20-10-11-22-45(41)47(33-42)49-34-48(55-50(56-49)39-16-6-2-7-17-39)38-24-26-43(27-25-38)54-30-28-36(35-54)29-31-54/h1-27,32-34,36H,28-31,35H2. The van der Waals surface area contributed by atoms with Crippen molar-refractivity contribution in [2.24, 2.45) is 5.92 Å². The average Bonchev–Trinajstić information content (AvgIpc) is 3.95. The molecule has 11 rings (SSSR count). The lowest BCUT2D eigenvalue weighted by Gasteiger charge is -2.27. The number of nitrogens with zero attached hydrogens (tertiary/aromatic N) is 5. The molecule has 5 nitrogen and oxygen atoms in total. The van der Waals surface area contributed by atoms with Crippen LogP contribution in [0.15, 0.2) is 182 Å². The summed E-state index contributed by atoms with van der Waals surface area (Å²) in [4.78, 5) is 26.1. The zero-order chi connectivity index (χ0) is 39.2. The highest BCUT2D eigenvalue weighted by atomic mass is 15.0. The number of hydrogen-bond donors (Lipinski definition) is 0. The lowest BCUT2D eigenvalue weighted by molar-refractivity contribution is 0.419. The molecule has 0 radical (unpaired) electrons. The SMILES string of the molecule is c1ccc(-c2nc(-c3ccc(C45CCC(CC4)C5)cc3)cc(-c3cc(-c4nc(-c5ccccc5)nc(-c5ccccc5-c5ccccc5)n4)cc4ccccc34)n2)cc1. The largest absolute Gasteiger partial charge is 0.228 e. The highest BCUT2D eigenvalue weighted by molar-refractivity contribution is 5.99. The third kappa shape index (κ3) is 6.59. The van der Waals surface area contributed by atoms with Crippen molar-refractivity contribution in [2.45, 2.75) is 37.5 Å². The van der Waals surface area contributed by atoms with E-state index < -0.39 is 0 Å². The fourth-order valence-electron chi connectivity index (χ4n) is 9.58. The van der Waals surface area contributed by atoms with Gasteiger partial charge >= 0.3 is 0 Å². The molecule has 0 aliphatic heterocycles. The van der Waals surface area contributed by atoms with Gasteiger partial charge in [0.2, 0.25) is 0 Å². The maximum Gasteiger partial charge on any atom is 0.164 e.